The lowest BCUT2D eigenvalue weighted by Crippen LogP contribution is -2.38. The van der Waals surface area contributed by atoms with Gasteiger partial charge in [0, 0.05) is 19.1 Å². The molecule has 1 aromatic rings. The van der Waals surface area contributed by atoms with E-state index in [1.54, 1.807) is 6.07 Å². The van der Waals surface area contributed by atoms with Gasteiger partial charge in [0.15, 0.2) is 0 Å². The van der Waals surface area contributed by atoms with Gasteiger partial charge in [-0.05, 0) is 44.0 Å². The number of nitrogens with zero attached hydrogens (tertiary/aromatic N) is 2. The minimum Gasteiger partial charge on any atom is -0.369 e. The molecule has 3 nitrogen and oxygen atoms in total. The lowest BCUT2D eigenvalue weighted by Gasteiger charge is -2.28. The van der Waals surface area contributed by atoms with Crippen LogP contribution in [-0.4, -0.2) is 25.7 Å². The Morgan fingerprint density at radius 2 is 2.35 bits per heavy atom. The average Bonchev–Trinajstić information content (AvgIpc) is 2.96. The van der Waals surface area contributed by atoms with Crippen LogP contribution in [0.2, 0.25) is 5.02 Å². The molecule has 20 heavy (non-hydrogen) atoms. The summed E-state index contributed by atoms with van der Waals surface area (Å²) in [6.45, 7) is 5.33. The van der Waals surface area contributed by atoms with Gasteiger partial charge in [-0.3, -0.25) is 0 Å². The molecular formula is C16H22ClN3. The summed E-state index contributed by atoms with van der Waals surface area (Å²) < 4.78 is 0. The first-order chi connectivity index (χ1) is 9.74. The molecule has 1 atom stereocenters. The van der Waals surface area contributed by atoms with Crippen LogP contribution in [0.4, 0.5) is 5.69 Å². The largest absolute Gasteiger partial charge is 0.369 e. The molecule has 1 aliphatic rings. The number of hydrogen-bond acceptors (Lipinski definition) is 3. The zero-order chi connectivity index (χ0) is 14.4. The van der Waals surface area contributed by atoms with Crippen LogP contribution in [-0.2, 0) is 0 Å². The topological polar surface area (TPSA) is 39.1 Å². The van der Waals surface area contributed by atoms with Gasteiger partial charge in [-0.15, -0.1) is 0 Å². The highest BCUT2D eigenvalue weighted by Crippen LogP contribution is 2.28. The zero-order valence-corrected chi connectivity index (χ0v) is 12.8. The van der Waals surface area contributed by atoms with Gasteiger partial charge >= 0.3 is 0 Å². The normalized spacial score (nSPS) is 17.9. The number of anilines is 1. The fraction of sp³-hybridized carbons (Fsp3) is 0.562. The second-order valence-corrected chi connectivity index (χ2v) is 5.78. The molecule has 108 valence electrons. The number of rotatable bonds is 6. The molecule has 2 rings (SSSR count). The Balaban J connectivity index is 2.14. The van der Waals surface area contributed by atoms with Crippen LogP contribution < -0.4 is 10.2 Å². The van der Waals surface area contributed by atoms with E-state index in [1.807, 2.05) is 12.1 Å². The Hall–Kier alpha value is -1.24. The Labute approximate surface area is 126 Å². The second kappa shape index (κ2) is 7.52. The van der Waals surface area contributed by atoms with Crippen molar-refractivity contribution in [1.82, 2.24) is 5.32 Å². The first kappa shape index (κ1) is 15.2. The fourth-order valence-electron chi connectivity index (χ4n) is 2.67. The van der Waals surface area contributed by atoms with Crippen LogP contribution in [0.5, 0.6) is 0 Å². The first-order valence-corrected chi connectivity index (χ1v) is 7.80. The highest BCUT2D eigenvalue weighted by Gasteiger charge is 2.19. The highest BCUT2D eigenvalue weighted by molar-refractivity contribution is 6.33. The Kier molecular flexibility index (Phi) is 5.70. The van der Waals surface area contributed by atoms with Crippen LogP contribution in [0.15, 0.2) is 18.2 Å². The molecule has 1 aromatic carbocycles. The number of nitrogens with one attached hydrogen (secondary N) is 1. The Morgan fingerprint density at radius 1 is 1.50 bits per heavy atom. The van der Waals surface area contributed by atoms with Crippen LogP contribution in [0, 0.1) is 11.3 Å². The summed E-state index contributed by atoms with van der Waals surface area (Å²) in [5.74, 6) is 0. The molecule has 1 saturated heterocycles. The lowest BCUT2D eigenvalue weighted by molar-refractivity contribution is 0.572. The van der Waals surface area contributed by atoms with Crippen molar-refractivity contribution in [1.29, 1.82) is 5.26 Å². The van der Waals surface area contributed by atoms with Gasteiger partial charge < -0.3 is 10.2 Å². The van der Waals surface area contributed by atoms with Crippen molar-refractivity contribution in [2.45, 2.75) is 38.6 Å². The summed E-state index contributed by atoms with van der Waals surface area (Å²) in [5, 5.41) is 13.1. The van der Waals surface area contributed by atoms with E-state index >= 15 is 0 Å². The van der Waals surface area contributed by atoms with Crippen molar-refractivity contribution in [3.8, 4) is 6.07 Å². The van der Waals surface area contributed by atoms with Crippen molar-refractivity contribution in [2.75, 3.05) is 24.5 Å². The summed E-state index contributed by atoms with van der Waals surface area (Å²) in [4.78, 5) is 2.36. The smallest absolute Gasteiger partial charge is 0.0992 e. The molecule has 1 aliphatic heterocycles. The maximum atomic E-state index is 8.93. The molecular weight excluding hydrogens is 270 g/mol. The SMILES string of the molecule is CCCCN(CC1CCCN1)c1ccc(C#N)cc1Cl. The Bertz CT molecular complexity index is 475. The minimum atomic E-state index is 0.554. The van der Waals surface area contributed by atoms with Gasteiger partial charge in [0.25, 0.3) is 0 Å². The molecule has 0 aliphatic carbocycles. The molecule has 0 aromatic heterocycles. The van der Waals surface area contributed by atoms with Crippen LogP contribution >= 0.6 is 11.6 Å². The first-order valence-electron chi connectivity index (χ1n) is 7.42. The third-order valence-corrected chi connectivity index (χ3v) is 4.10. The molecule has 0 saturated carbocycles. The average molecular weight is 292 g/mol. The standard InChI is InChI=1S/C16H22ClN3/c1-2-3-9-20(12-14-5-4-8-19-14)16-7-6-13(11-18)10-15(16)17/h6-7,10,14,19H,2-5,8-9,12H2,1H3. The van der Waals surface area contributed by atoms with Gasteiger partial charge in [0.2, 0.25) is 0 Å². The van der Waals surface area contributed by atoms with Crippen molar-refractivity contribution in [3.63, 3.8) is 0 Å². The number of unbranched alkanes of at least 4 members (excludes halogenated alkanes) is 1. The van der Waals surface area contributed by atoms with Crippen LogP contribution in [0.3, 0.4) is 0 Å². The van der Waals surface area contributed by atoms with E-state index in [-0.39, 0.29) is 0 Å². The van der Waals surface area contributed by atoms with Crippen LogP contribution in [0.1, 0.15) is 38.2 Å². The minimum absolute atomic E-state index is 0.554. The van der Waals surface area contributed by atoms with Crippen molar-refractivity contribution >= 4 is 17.3 Å². The van der Waals surface area contributed by atoms with E-state index in [0.29, 0.717) is 16.6 Å². The van der Waals surface area contributed by atoms with E-state index in [1.165, 1.54) is 19.3 Å². The molecule has 0 bridgehead atoms. The van der Waals surface area contributed by atoms with Gasteiger partial charge in [-0.2, -0.15) is 5.26 Å². The molecule has 0 amide bonds. The molecule has 4 heteroatoms. The van der Waals surface area contributed by atoms with E-state index < -0.39 is 0 Å². The van der Waals surface area contributed by atoms with Crippen molar-refractivity contribution in [3.05, 3.63) is 28.8 Å². The van der Waals surface area contributed by atoms with E-state index in [2.05, 4.69) is 23.2 Å². The predicted octanol–water partition coefficient (Wildman–Crippen LogP) is 3.57. The maximum Gasteiger partial charge on any atom is 0.0992 e. The van der Waals surface area contributed by atoms with Crippen molar-refractivity contribution in [2.24, 2.45) is 0 Å². The van der Waals surface area contributed by atoms with Gasteiger partial charge in [0.1, 0.15) is 0 Å². The number of benzene rings is 1. The molecule has 1 heterocycles. The molecule has 1 N–H and O–H groups in total. The van der Waals surface area contributed by atoms with Gasteiger partial charge in [0.05, 0.1) is 22.3 Å². The lowest BCUT2D eigenvalue weighted by atomic mass is 10.1. The highest BCUT2D eigenvalue weighted by atomic mass is 35.5. The molecule has 0 radical (unpaired) electrons. The molecule has 1 unspecified atom stereocenters. The quantitative estimate of drug-likeness (QED) is 0.871. The fourth-order valence-corrected chi connectivity index (χ4v) is 2.97. The zero-order valence-electron chi connectivity index (χ0n) is 12.0. The number of hydrogen-bond donors (Lipinski definition) is 1. The molecule has 0 spiro atoms. The summed E-state index contributed by atoms with van der Waals surface area (Å²) in [7, 11) is 0. The van der Waals surface area contributed by atoms with E-state index in [9.17, 15) is 0 Å². The summed E-state index contributed by atoms with van der Waals surface area (Å²) in [5.41, 5.74) is 1.67. The Morgan fingerprint density at radius 3 is 2.95 bits per heavy atom. The van der Waals surface area contributed by atoms with E-state index in [0.717, 1.165) is 31.7 Å². The van der Waals surface area contributed by atoms with Gasteiger partial charge in [-0.25, -0.2) is 0 Å². The third-order valence-electron chi connectivity index (χ3n) is 3.80. The monoisotopic (exact) mass is 291 g/mol. The predicted molar refractivity (Wildman–Crippen MR) is 84.3 cm³/mol. The number of nitriles is 1. The summed E-state index contributed by atoms with van der Waals surface area (Å²) in [6, 6.07) is 8.28. The summed E-state index contributed by atoms with van der Waals surface area (Å²) in [6.07, 6.45) is 4.81. The maximum absolute atomic E-state index is 8.93. The third kappa shape index (κ3) is 3.88. The van der Waals surface area contributed by atoms with Gasteiger partial charge in [-0.1, -0.05) is 24.9 Å². The number of halogens is 1. The van der Waals surface area contributed by atoms with E-state index in [4.69, 9.17) is 16.9 Å². The van der Waals surface area contributed by atoms with Crippen molar-refractivity contribution < 1.29 is 0 Å². The molecule has 1 fully saturated rings. The second-order valence-electron chi connectivity index (χ2n) is 5.37. The van der Waals surface area contributed by atoms with Crippen LogP contribution in [0.25, 0.3) is 0 Å². The summed E-state index contributed by atoms with van der Waals surface area (Å²) >= 11 is 6.35.